The van der Waals surface area contributed by atoms with E-state index in [1.165, 1.54) is 12.3 Å². The summed E-state index contributed by atoms with van der Waals surface area (Å²) in [4.78, 5) is 23.8. The molecule has 2 rings (SSSR count). The average Bonchev–Trinajstić information content (AvgIpc) is 2.51. The van der Waals surface area contributed by atoms with Crippen LogP contribution in [0, 0.1) is 10.1 Å². The van der Waals surface area contributed by atoms with Crippen molar-refractivity contribution in [2.24, 2.45) is 5.10 Å². The van der Waals surface area contributed by atoms with Crippen molar-refractivity contribution in [2.45, 2.75) is 0 Å². The van der Waals surface area contributed by atoms with Crippen molar-refractivity contribution in [3.8, 4) is 5.75 Å². The number of hydrazone groups is 1. The van der Waals surface area contributed by atoms with Crippen LogP contribution >= 0.6 is 15.9 Å². The van der Waals surface area contributed by atoms with Crippen LogP contribution in [0.3, 0.4) is 0 Å². The Morgan fingerprint density at radius 3 is 2.87 bits per heavy atom. The third-order valence-corrected chi connectivity index (χ3v) is 3.74. The van der Waals surface area contributed by atoms with Gasteiger partial charge in [-0.3, -0.25) is 19.8 Å². The number of aromatic hydroxyl groups is 1. The lowest BCUT2D eigenvalue weighted by atomic mass is 10.2. The Hall–Kier alpha value is -2.04. The van der Waals surface area contributed by atoms with Crippen LogP contribution < -0.4 is 5.43 Å². The van der Waals surface area contributed by atoms with E-state index in [9.17, 15) is 20.0 Å². The van der Waals surface area contributed by atoms with Gasteiger partial charge in [0.1, 0.15) is 0 Å². The van der Waals surface area contributed by atoms with Crippen LogP contribution in [0.25, 0.3) is 0 Å². The number of ether oxygens (including phenoxy) is 1. The molecule has 9 nitrogen and oxygen atoms in total. The normalized spacial score (nSPS) is 15.7. The maximum absolute atomic E-state index is 11.7. The molecule has 1 heterocycles. The molecule has 0 bridgehead atoms. The predicted octanol–water partition coefficient (Wildman–Crippen LogP) is 0.845. The Balaban J connectivity index is 1.94. The van der Waals surface area contributed by atoms with Gasteiger partial charge in [0.25, 0.3) is 5.91 Å². The number of carbonyl (C=O) groups excluding carboxylic acids is 1. The second kappa shape index (κ2) is 7.99. The monoisotopic (exact) mass is 386 g/mol. The molecule has 1 aliphatic rings. The summed E-state index contributed by atoms with van der Waals surface area (Å²) in [5.74, 6) is -0.737. The maximum atomic E-state index is 11.7. The molecule has 2 N–H and O–H groups in total. The van der Waals surface area contributed by atoms with Gasteiger partial charge in [0.2, 0.25) is 5.75 Å². The number of carbonyl (C=O) groups is 1. The molecule has 1 aromatic rings. The van der Waals surface area contributed by atoms with E-state index in [2.05, 4.69) is 26.5 Å². The molecule has 1 aliphatic heterocycles. The van der Waals surface area contributed by atoms with Gasteiger partial charge in [-0.15, -0.1) is 0 Å². The third-order valence-electron chi connectivity index (χ3n) is 3.14. The Morgan fingerprint density at radius 1 is 1.52 bits per heavy atom. The second-order valence-corrected chi connectivity index (χ2v) is 5.66. The maximum Gasteiger partial charge on any atom is 0.312 e. The van der Waals surface area contributed by atoms with E-state index < -0.39 is 16.4 Å². The van der Waals surface area contributed by atoms with E-state index in [0.717, 1.165) is 6.07 Å². The number of phenols is 1. The molecular weight excluding hydrogens is 372 g/mol. The van der Waals surface area contributed by atoms with Gasteiger partial charge < -0.3 is 9.84 Å². The first-order valence-electron chi connectivity index (χ1n) is 6.76. The first-order valence-corrected chi connectivity index (χ1v) is 7.55. The van der Waals surface area contributed by atoms with Gasteiger partial charge in [0, 0.05) is 24.7 Å². The van der Waals surface area contributed by atoms with E-state index in [-0.39, 0.29) is 16.9 Å². The van der Waals surface area contributed by atoms with Gasteiger partial charge in [-0.05, 0) is 22.0 Å². The summed E-state index contributed by atoms with van der Waals surface area (Å²) < 4.78 is 5.36. The van der Waals surface area contributed by atoms with Crippen molar-refractivity contribution in [3.05, 3.63) is 32.3 Å². The van der Waals surface area contributed by atoms with Crippen LogP contribution in [-0.2, 0) is 9.53 Å². The molecule has 0 aliphatic carbocycles. The van der Waals surface area contributed by atoms with Crippen molar-refractivity contribution >= 4 is 33.7 Å². The first-order chi connectivity index (χ1) is 11.0. The largest absolute Gasteiger partial charge is 0.501 e. The standard InChI is InChI=1S/C13H15BrN4O5/c14-10-5-9(6-11(13(10)20)18(21)22)7-15-16-12(19)8-17-1-3-23-4-2-17/h5-7,20H,1-4,8H2,(H,16,19)/b15-7+. The number of nitro groups is 1. The molecule has 0 radical (unpaired) electrons. The molecule has 10 heteroatoms. The molecule has 0 unspecified atom stereocenters. The smallest absolute Gasteiger partial charge is 0.312 e. The molecule has 1 aromatic carbocycles. The number of phenolic OH excluding ortho intramolecular Hbond substituents is 1. The Bertz CT molecular complexity index is 631. The summed E-state index contributed by atoms with van der Waals surface area (Å²) >= 11 is 3.03. The fourth-order valence-electron chi connectivity index (χ4n) is 2.00. The Labute approximate surface area is 140 Å². The first kappa shape index (κ1) is 17.3. The van der Waals surface area contributed by atoms with Gasteiger partial charge in [-0.25, -0.2) is 5.43 Å². The van der Waals surface area contributed by atoms with Gasteiger partial charge in [0.05, 0.1) is 35.4 Å². The Kier molecular flexibility index (Phi) is 6.02. The number of hydrogen-bond donors (Lipinski definition) is 2. The van der Waals surface area contributed by atoms with Crippen LogP contribution in [-0.4, -0.2) is 59.9 Å². The van der Waals surface area contributed by atoms with Gasteiger partial charge in [0.15, 0.2) is 0 Å². The highest BCUT2D eigenvalue weighted by atomic mass is 79.9. The number of morpholine rings is 1. The van der Waals surface area contributed by atoms with Crippen molar-refractivity contribution in [3.63, 3.8) is 0 Å². The molecule has 0 spiro atoms. The highest BCUT2D eigenvalue weighted by molar-refractivity contribution is 9.10. The van der Waals surface area contributed by atoms with Crippen LogP contribution in [0.2, 0.25) is 0 Å². The minimum absolute atomic E-state index is 0.174. The number of amides is 1. The zero-order chi connectivity index (χ0) is 16.8. The second-order valence-electron chi connectivity index (χ2n) is 4.81. The minimum Gasteiger partial charge on any atom is -0.501 e. The lowest BCUT2D eigenvalue weighted by Gasteiger charge is -2.25. The molecule has 0 saturated carbocycles. The van der Waals surface area contributed by atoms with Crippen LogP contribution in [0.1, 0.15) is 5.56 Å². The average molecular weight is 387 g/mol. The summed E-state index contributed by atoms with van der Waals surface area (Å²) in [5.41, 5.74) is 2.29. The summed E-state index contributed by atoms with van der Waals surface area (Å²) in [6.07, 6.45) is 1.27. The number of rotatable bonds is 5. The topological polar surface area (TPSA) is 117 Å². The zero-order valence-corrected chi connectivity index (χ0v) is 13.7. The number of nitro benzene ring substituents is 1. The number of nitrogens with zero attached hydrogens (tertiary/aromatic N) is 3. The number of benzene rings is 1. The minimum atomic E-state index is -0.700. The molecule has 124 valence electrons. The van der Waals surface area contributed by atoms with E-state index in [0.29, 0.717) is 31.9 Å². The molecule has 23 heavy (non-hydrogen) atoms. The van der Waals surface area contributed by atoms with Crippen LogP contribution in [0.5, 0.6) is 5.75 Å². The Morgan fingerprint density at radius 2 is 2.22 bits per heavy atom. The molecular formula is C13H15BrN4O5. The van der Waals surface area contributed by atoms with Crippen molar-refractivity contribution in [1.82, 2.24) is 10.3 Å². The van der Waals surface area contributed by atoms with Crippen molar-refractivity contribution < 1.29 is 19.6 Å². The van der Waals surface area contributed by atoms with Gasteiger partial charge in [-0.1, -0.05) is 0 Å². The molecule has 1 fully saturated rings. The highest BCUT2D eigenvalue weighted by Crippen LogP contribution is 2.34. The summed E-state index contributed by atoms with van der Waals surface area (Å²) in [5, 5.41) is 24.2. The van der Waals surface area contributed by atoms with E-state index in [4.69, 9.17) is 4.74 Å². The molecule has 0 aromatic heterocycles. The van der Waals surface area contributed by atoms with Crippen molar-refractivity contribution in [2.75, 3.05) is 32.8 Å². The summed E-state index contributed by atoms with van der Waals surface area (Å²) in [6, 6.07) is 2.62. The summed E-state index contributed by atoms with van der Waals surface area (Å²) in [6.45, 7) is 2.78. The molecule has 1 amide bonds. The number of hydrogen-bond acceptors (Lipinski definition) is 7. The SMILES string of the molecule is O=C(CN1CCOCC1)N/N=C/c1cc(Br)c(O)c([N+](=O)[O-])c1. The third kappa shape index (κ3) is 4.98. The molecule has 0 atom stereocenters. The summed E-state index contributed by atoms with van der Waals surface area (Å²) in [7, 11) is 0. The highest BCUT2D eigenvalue weighted by Gasteiger charge is 2.17. The van der Waals surface area contributed by atoms with E-state index >= 15 is 0 Å². The van der Waals surface area contributed by atoms with Crippen LogP contribution in [0.15, 0.2) is 21.7 Å². The van der Waals surface area contributed by atoms with E-state index in [1.54, 1.807) is 0 Å². The fourth-order valence-corrected chi connectivity index (χ4v) is 2.46. The number of halogens is 1. The quantitative estimate of drug-likeness (QED) is 0.439. The lowest BCUT2D eigenvalue weighted by Crippen LogP contribution is -2.42. The lowest BCUT2D eigenvalue weighted by molar-refractivity contribution is -0.386. The van der Waals surface area contributed by atoms with Gasteiger partial charge >= 0.3 is 5.69 Å². The fraction of sp³-hybridized carbons (Fsp3) is 0.385. The van der Waals surface area contributed by atoms with Crippen molar-refractivity contribution in [1.29, 1.82) is 0 Å². The molecule has 1 saturated heterocycles. The zero-order valence-electron chi connectivity index (χ0n) is 12.1. The predicted molar refractivity (Wildman–Crippen MR) is 85.5 cm³/mol. The van der Waals surface area contributed by atoms with E-state index in [1.807, 2.05) is 4.90 Å². The van der Waals surface area contributed by atoms with Crippen LogP contribution in [0.4, 0.5) is 5.69 Å². The number of nitrogens with one attached hydrogen (secondary N) is 1. The van der Waals surface area contributed by atoms with Gasteiger partial charge in [-0.2, -0.15) is 5.10 Å².